The number of piperidine rings is 2. The molecular formula is C54H66BN5O6S. The molecule has 4 fully saturated rings. The summed E-state index contributed by atoms with van der Waals surface area (Å²) in [5.41, 5.74) is 5.75. The standard InChI is InChI=1S/C54H66BN5O6S/c1-53(2)54(3,4)66-55(65-53)42-13-8-39(9-14-42)51-49(47-19-15-44(61)34-48(47)67-51)50(62)38-10-16-45(17-11-38)64-32-31-59-29-27-58(28-30-59)24-6-23-57-25-20-37(21-26-57)40-12-18-46-41(33-40)36-60(52(46)63)43-7-5-22-56-35-43/h8-19,33-34,37,43,56,61H,5-7,20-32,35-36H2,1-4H3. The van der Waals surface area contributed by atoms with Gasteiger partial charge >= 0.3 is 7.12 Å². The average molecular weight is 924 g/mol. The van der Waals surface area contributed by atoms with E-state index in [4.69, 9.17) is 14.0 Å². The molecule has 11 nitrogen and oxygen atoms in total. The third-order valence-electron chi connectivity index (χ3n) is 15.5. The number of carbonyl (C=O) groups excluding carboxylic acids is 2. The van der Waals surface area contributed by atoms with Gasteiger partial charge in [0.1, 0.15) is 18.1 Å². The van der Waals surface area contributed by atoms with E-state index in [0.29, 0.717) is 29.7 Å². The van der Waals surface area contributed by atoms with Gasteiger partial charge in [-0.3, -0.25) is 14.5 Å². The summed E-state index contributed by atoms with van der Waals surface area (Å²) in [4.78, 5) is 38.2. The Morgan fingerprint density at radius 1 is 0.821 bits per heavy atom. The number of carbonyl (C=O) groups is 2. The first kappa shape index (κ1) is 46.1. The van der Waals surface area contributed by atoms with Crippen molar-refractivity contribution in [2.24, 2.45) is 0 Å². The SMILES string of the molecule is CC1(C)OB(c2ccc(-c3sc4cc(O)ccc4c3C(=O)c3ccc(OCCN4CCN(CCCN5CCC(c6ccc7c(c6)CN(C6CCCNC6)C7=O)CC5)CC4)cc3)cc2)OC1(C)C. The fourth-order valence-electron chi connectivity index (χ4n) is 10.7. The lowest BCUT2D eigenvalue weighted by Gasteiger charge is -2.36. The lowest BCUT2D eigenvalue weighted by molar-refractivity contribution is 0.00578. The van der Waals surface area contributed by atoms with E-state index in [2.05, 4.69) is 43.1 Å². The number of phenolic OH excluding ortho intramolecular Hbond substituents is 1. The number of amides is 1. The van der Waals surface area contributed by atoms with Crippen molar-refractivity contribution in [1.82, 2.24) is 24.9 Å². The first-order valence-corrected chi connectivity index (χ1v) is 25.5. The molecule has 0 bridgehead atoms. The molecule has 5 aromatic rings. The van der Waals surface area contributed by atoms with Crippen molar-refractivity contribution in [2.75, 3.05) is 78.6 Å². The molecule has 1 unspecified atom stereocenters. The van der Waals surface area contributed by atoms with Crippen molar-refractivity contribution >= 4 is 45.7 Å². The molecule has 0 spiro atoms. The van der Waals surface area contributed by atoms with Gasteiger partial charge in [0, 0.05) is 83.5 Å². The summed E-state index contributed by atoms with van der Waals surface area (Å²) in [5.74, 6) is 1.65. The lowest BCUT2D eigenvalue weighted by atomic mass is 9.78. The lowest BCUT2D eigenvalue weighted by Crippen LogP contribution is -2.48. The molecule has 1 aromatic heterocycles. The molecule has 13 heteroatoms. The molecular weight excluding hydrogens is 858 g/mol. The van der Waals surface area contributed by atoms with Crippen LogP contribution in [0.4, 0.5) is 0 Å². The Labute approximate surface area is 400 Å². The highest BCUT2D eigenvalue weighted by atomic mass is 32.1. The Balaban J connectivity index is 0.656. The number of hydrogen-bond donors (Lipinski definition) is 2. The van der Waals surface area contributed by atoms with Gasteiger partial charge < -0.3 is 39.2 Å². The van der Waals surface area contributed by atoms with Crippen molar-refractivity contribution in [1.29, 1.82) is 0 Å². The smallest absolute Gasteiger partial charge is 0.494 e. The fourth-order valence-corrected chi connectivity index (χ4v) is 11.9. The maximum Gasteiger partial charge on any atom is 0.494 e. The number of ketones is 1. The van der Waals surface area contributed by atoms with Crippen LogP contribution in [0.2, 0.25) is 0 Å². The number of likely N-dealkylation sites (tertiary alicyclic amines) is 1. The molecule has 1 amide bonds. The van der Waals surface area contributed by atoms with Crippen molar-refractivity contribution in [3.8, 4) is 21.9 Å². The minimum Gasteiger partial charge on any atom is -0.508 e. The summed E-state index contributed by atoms with van der Waals surface area (Å²) in [7, 11) is -0.471. The molecule has 352 valence electrons. The number of benzene rings is 4. The Kier molecular flexibility index (Phi) is 13.4. The molecule has 10 rings (SSSR count). The molecule has 0 saturated carbocycles. The van der Waals surface area contributed by atoms with Crippen molar-refractivity contribution in [2.45, 2.75) is 89.5 Å². The number of hydrogen-bond acceptors (Lipinski definition) is 11. The molecule has 6 heterocycles. The number of fused-ring (bicyclic) bond motifs is 2. The van der Waals surface area contributed by atoms with Crippen LogP contribution in [0, 0.1) is 0 Å². The second-order valence-electron chi connectivity index (χ2n) is 20.4. The third kappa shape index (κ3) is 9.84. The van der Waals surface area contributed by atoms with Gasteiger partial charge in [-0.1, -0.05) is 36.4 Å². The third-order valence-corrected chi connectivity index (χ3v) is 16.7. The summed E-state index contributed by atoms with van der Waals surface area (Å²) in [6.45, 7) is 21.2. The van der Waals surface area contributed by atoms with E-state index in [9.17, 15) is 14.7 Å². The Hall–Kier alpha value is -4.60. The minimum atomic E-state index is -0.471. The highest BCUT2D eigenvalue weighted by molar-refractivity contribution is 7.22. The van der Waals surface area contributed by atoms with Crippen molar-refractivity contribution in [3.63, 3.8) is 0 Å². The summed E-state index contributed by atoms with van der Waals surface area (Å²) < 4.78 is 19.6. The zero-order valence-electron chi connectivity index (χ0n) is 39.7. The van der Waals surface area contributed by atoms with E-state index in [1.165, 1.54) is 41.7 Å². The zero-order valence-corrected chi connectivity index (χ0v) is 40.5. The number of piperazine rings is 1. The predicted octanol–water partition coefficient (Wildman–Crippen LogP) is 7.78. The van der Waals surface area contributed by atoms with Gasteiger partial charge in [0.2, 0.25) is 0 Å². The van der Waals surface area contributed by atoms with E-state index < -0.39 is 18.3 Å². The highest BCUT2D eigenvalue weighted by Gasteiger charge is 2.51. The van der Waals surface area contributed by atoms with Crippen molar-refractivity contribution in [3.05, 3.63) is 113 Å². The van der Waals surface area contributed by atoms with Gasteiger partial charge in [-0.15, -0.1) is 11.3 Å². The summed E-state index contributed by atoms with van der Waals surface area (Å²) in [6, 6.07) is 27.8. The van der Waals surface area contributed by atoms with E-state index in [-0.39, 0.29) is 17.4 Å². The summed E-state index contributed by atoms with van der Waals surface area (Å²) in [6.07, 6.45) is 5.82. The number of phenols is 1. The number of aromatic hydroxyl groups is 1. The van der Waals surface area contributed by atoms with Crippen LogP contribution in [0.3, 0.4) is 0 Å². The van der Waals surface area contributed by atoms with Gasteiger partial charge in [-0.05, 0) is 169 Å². The number of nitrogens with zero attached hydrogens (tertiary/aromatic N) is 4. The number of nitrogens with one attached hydrogen (secondary N) is 1. The molecule has 2 N–H and O–H groups in total. The maximum atomic E-state index is 14.3. The Bertz CT molecular complexity index is 2540. The topological polar surface area (TPSA) is 107 Å². The van der Waals surface area contributed by atoms with Gasteiger partial charge in [0.25, 0.3) is 5.91 Å². The van der Waals surface area contributed by atoms with Gasteiger partial charge in [0.15, 0.2) is 5.78 Å². The van der Waals surface area contributed by atoms with Crippen LogP contribution in [0.1, 0.15) is 103 Å². The molecule has 5 aliphatic rings. The normalized spacial score (nSPS) is 21.6. The van der Waals surface area contributed by atoms with Gasteiger partial charge in [0.05, 0.1) is 11.2 Å². The van der Waals surface area contributed by atoms with E-state index >= 15 is 0 Å². The van der Waals surface area contributed by atoms with Crippen LogP contribution in [0.5, 0.6) is 11.5 Å². The van der Waals surface area contributed by atoms with Gasteiger partial charge in [-0.25, -0.2) is 0 Å². The zero-order chi connectivity index (χ0) is 46.3. The number of thiophene rings is 1. The Morgan fingerprint density at radius 3 is 2.19 bits per heavy atom. The summed E-state index contributed by atoms with van der Waals surface area (Å²) >= 11 is 1.51. The second-order valence-corrected chi connectivity index (χ2v) is 21.5. The van der Waals surface area contributed by atoms with Crippen LogP contribution in [-0.2, 0) is 15.9 Å². The minimum absolute atomic E-state index is 0.0682. The summed E-state index contributed by atoms with van der Waals surface area (Å²) in [5, 5.41) is 14.6. The van der Waals surface area contributed by atoms with Gasteiger partial charge in [-0.2, -0.15) is 0 Å². The van der Waals surface area contributed by atoms with E-state index in [0.717, 1.165) is 129 Å². The first-order chi connectivity index (χ1) is 32.4. The molecule has 4 aromatic carbocycles. The van der Waals surface area contributed by atoms with Crippen LogP contribution in [-0.4, -0.2) is 139 Å². The molecule has 1 atom stereocenters. The Morgan fingerprint density at radius 2 is 1.51 bits per heavy atom. The molecule has 5 aliphatic heterocycles. The molecule has 0 aliphatic carbocycles. The van der Waals surface area contributed by atoms with Crippen LogP contribution >= 0.6 is 11.3 Å². The fraction of sp³-hybridized carbons (Fsp3) is 0.481. The van der Waals surface area contributed by atoms with Crippen LogP contribution in [0.25, 0.3) is 20.5 Å². The number of ether oxygens (including phenoxy) is 1. The molecule has 0 radical (unpaired) electrons. The largest absolute Gasteiger partial charge is 0.508 e. The van der Waals surface area contributed by atoms with E-state index in [1.54, 1.807) is 12.1 Å². The number of rotatable bonds is 14. The predicted molar refractivity (Wildman–Crippen MR) is 268 cm³/mol. The first-order valence-electron chi connectivity index (χ1n) is 24.7. The van der Waals surface area contributed by atoms with Crippen molar-refractivity contribution < 1.29 is 28.7 Å². The maximum absolute atomic E-state index is 14.3. The second kappa shape index (κ2) is 19.4. The quantitative estimate of drug-likeness (QED) is 0.0848. The van der Waals surface area contributed by atoms with E-state index in [1.807, 2.05) is 82.3 Å². The van der Waals surface area contributed by atoms with Crippen LogP contribution < -0.4 is 15.5 Å². The average Bonchev–Trinajstić information content (AvgIpc) is 3.96. The molecule has 4 saturated heterocycles. The van der Waals surface area contributed by atoms with Crippen LogP contribution in [0.15, 0.2) is 84.9 Å². The highest BCUT2D eigenvalue weighted by Crippen LogP contribution is 2.42. The molecule has 67 heavy (non-hydrogen) atoms. The monoisotopic (exact) mass is 923 g/mol.